The smallest absolute Gasteiger partial charge is 0.321 e. The maximum Gasteiger partial charge on any atom is 0.321 e. The molecule has 3 amide bonds. The van der Waals surface area contributed by atoms with Crippen LogP contribution in [0.4, 0.5) is 4.79 Å². The Morgan fingerprint density at radius 3 is 2.41 bits per heavy atom. The van der Waals surface area contributed by atoms with E-state index < -0.39 is 6.03 Å². The lowest BCUT2D eigenvalue weighted by Crippen LogP contribution is -2.42. The summed E-state index contributed by atoms with van der Waals surface area (Å²) in [5.74, 6) is -0.319. The summed E-state index contributed by atoms with van der Waals surface area (Å²) in [6, 6.07) is 9.03. The number of urea groups is 1. The molecule has 0 spiro atoms. The summed E-state index contributed by atoms with van der Waals surface area (Å²) >= 11 is 0. The maximum atomic E-state index is 11.3. The van der Waals surface area contributed by atoms with Gasteiger partial charge in [0.1, 0.15) is 0 Å². The molecule has 1 rings (SSSR count). The van der Waals surface area contributed by atoms with Crippen molar-refractivity contribution < 1.29 is 9.59 Å². The first kappa shape index (κ1) is 13.2. The van der Waals surface area contributed by atoms with E-state index in [0.29, 0.717) is 6.54 Å². The van der Waals surface area contributed by atoms with Gasteiger partial charge in [0.2, 0.25) is 5.91 Å². The van der Waals surface area contributed by atoms with Gasteiger partial charge in [-0.05, 0) is 19.7 Å². The first-order valence-electron chi connectivity index (χ1n) is 5.34. The summed E-state index contributed by atoms with van der Waals surface area (Å²) in [7, 11) is 3.53. The summed E-state index contributed by atoms with van der Waals surface area (Å²) in [5.41, 5.74) is 0.989. The third-order valence-corrected chi connectivity index (χ3v) is 2.01. The topological polar surface area (TPSA) is 61.4 Å². The Balaban J connectivity index is 2.28. The minimum atomic E-state index is -0.472. The minimum absolute atomic E-state index is 0.193. The average Bonchev–Trinajstić information content (AvgIpc) is 2.26. The molecule has 0 bridgehead atoms. The number of carbonyl (C=O) groups is 2. The average molecular weight is 235 g/mol. The van der Waals surface area contributed by atoms with E-state index in [1.165, 1.54) is 0 Å². The lowest BCUT2D eigenvalue weighted by molar-refractivity contribution is -0.120. The van der Waals surface area contributed by atoms with Crippen LogP contribution in [0.3, 0.4) is 0 Å². The lowest BCUT2D eigenvalue weighted by Gasteiger charge is -2.10. The maximum absolute atomic E-state index is 11.3. The van der Waals surface area contributed by atoms with Crippen LogP contribution in [0.15, 0.2) is 30.3 Å². The van der Waals surface area contributed by atoms with E-state index in [9.17, 15) is 9.59 Å². The second kappa shape index (κ2) is 6.65. The van der Waals surface area contributed by atoms with E-state index in [-0.39, 0.29) is 12.5 Å². The fraction of sp³-hybridized carbons (Fsp3) is 0.333. The quantitative estimate of drug-likeness (QED) is 0.802. The summed E-state index contributed by atoms with van der Waals surface area (Å²) in [4.78, 5) is 24.3. The van der Waals surface area contributed by atoms with Crippen LogP contribution < -0.4 is 10.6 Å². The fourth-order valence-corrected chi connectivity index (χ4v) is 1.28. The molecule has 0 aliphatic rings. The molecule has 0 saturated heterocycles. The molecule has 2 N–H and O–H groups in total. The predicted octanol–water partition coefficient (Wildman–Crippen LogP) is 0.574. The van der Waals surface area contributed by atoms with Crippen molar-refractivity contribution >= 4 is 11.9 Å². The highest BCUT2D eigenvalue weighted by molar-refractivity contribution is 5.95. The molecular weight excluding hydrogens is 218 g/mol. The Bertz CT molecular complexity index is 377. The molecule has 17 heavy (non-hydrogen) atoms. The van der Waals surface area contributed by atoms with E-state index in [1.807, 2.05) is 30.3 Å². The molecule has 0 fully saturated rings. The van der Waals surface area contributed by atoms with Gasteiger partial charge in [-0.25, -0.2) is 4.79 Å². The molecule has 0 radical (unpaired) electrons. The second-order valence-corrected chi connectivity index (χ2v) is 3.95. The molecule has 0 aliphatic heterocycles. The summed E-state index contributed by atoms with van der Waals surface area (Å²) in [6.07, 6.45) is 0. The standard InChI is InChI=1S/C12H17N3O2/c1-15(2)9-11(16)14-12(17)13-8-10-6-4-3-5-7-10/h3-7H,8-9H2,1-2H3,(H2,13,14,16,17). The van der Waals surface area contributed by atoms with Crippen LogP contribution >= 0.6 is 0 Å². The van der Waals surface area contributed by atoms with Gasteiger partial charge < -0.3 is 10.2 Å². The van der Waals surface area contributed by atoms with Gasteiger partial charge in [0.25, 0.3) is 0 Å². The zero-order valence-corrected chi connectivity index (χ0v) is 10.1. The molecule has 0 heterocycles. The Hall–Kier alpha value is -1.88. The van der Waals surface area contributed by atoms with Gasteiger partial charge in [-0.3, -0.25) is 10.1 Å². The molecule has 0 aliphatic carbocycles. The van der Waals surface area contributed by atoms with Crippen molar-refractivity contribution in [1.29, 1.82) is 0 Å². The zero-order valence-electron chi connectivity index (χ0n) is 10.1. The number of rotatable bonds is 4. The molecule has 5 nitrogen and oxygen atoms in total. The number of imide groups is 1. The monoisotopic (exact) mass is 235 g/mol. The fourth-order valence-electron chi connectivity index (χ4n) is 1.28. The van der Waals surface area contributed by atoms with Crippen molar-refractivity contribution in [2.45, 2.75) is 6.54 Å². The largest absolute Gasteiger partial charge is 0.334 e. The molecule has 0 saturated carbocycles. The van der Waals surface area contributed by atoms with Crippen molar-refractivity contribution in [1.82, 2.24) is 15.5 Å². The molecule has 92 valence electrons. The van der Waals surface area contributed by atoms with Gasteiger partial charge in [0.15, 0.2) is 0 Å². The van der Waals surface area contributed by atoms with Gasteiger partial charge in [-0.15, -0.1) is 0 Å². The highest BCUT2D eigenvalue weighted by Crippen LogP contribution is 1.96. The van der Waals surface area contributed by atoms with Crippen LogP contribution in [-0.4, -0.2) is 37.5 Å². The van der Waals surface area contributed by atoms with E-state index in [4.69, 9.17) is 0 Å². The highest BCUT2D eigenvalue weighted by atomic mass is 16.2. The highest BCUT2D eigenvalue weighted by Gasteiger charge is 2.07. The number of amides is 3. The van der Waals surface area contributed by atoms with Crippen LogP contribution in [0.1, 0.15) is 5.56 Å². The van der Waals surface area contributed by atoms with Crippen molar-refractivity contribution in [3.8, 4) is 0 Å². The normalized spacial score (nSPS) is 10.1. The third-order valence-electron chi connectivity index (χ3n) is 2.01. The summed E-state index contributed by atoms with van der Waals surface area (Å²) in [5, 5.41) is 4.86. The van der Waals surface area contributed by atoms with Crippen molar-refractivity contribution in [2.24, 2.45) is 0 Å². The van der Waals surface area contributed by atoms with Gasteiger partial charge in [-0.1, -0.05) is 30.3 Å². The Kier molecular flexibility index (Phi) is 5.16. The Labute approximate surface area is 101 Å². The number of hydrogen-bond donors (Lipinski definition) is 2. The number of nitrogens with one attached hydrogen (secondary N) is 2. The number of likely N-dealkylation sites (N-methyl/N-ethyl adjacent to an activating group) is 1. The number of carbonyl (C=O) groups excluding carboxylic acids is 2. The molecule has 1 aromatic rings. The first-order chi connectivity index (χ1) is 8.08. The van der Waals surface area contributed by atoms with E-state index in [0.717, 1.165) is 5.56 Å². The molecule has 0 unspecified atom stereocenters. The molecule has 1 aromatic carbocycles. The van der Waals surface area contributed by atoms with Crippen LogP contribution in [0.5, 0.6) is 0 Å². The van der Waals surface area contributed by atoms with E-state index in [1.54, 1.807) is 19.0 Å². The molecule has 0 aromatic heterocycles. The van der Waals surface area contributed by atoms with Crippen LogP contribution in [-0.2, 0) is 11.3 Å². The van der Waals surface area contributed by atoms with Gasteiger partial charge in [0.05, 0.1) is 6.54 Å². The number of hydrogen-bond acceptors (Lipinski definition) is 3. The molecule has 5 heteroatoms. The van der Waals surface area contributed by atoms with Crippen LogP contribution in [0.25, 0.3) is 0 Å². The lowest BCUT2D eigenvalue weighted by atomic mass is 10.2. The predicted molar refractivity (Wildman–Crippen MR) is 65.4 cm³/mol. The second-order valence-electron chi connectivity index (χ2n) is 3.95. The Morgan fingerprint density at radius 1 is 1.18 bits per heavy atom. The van der Waals surface area contributed by atoms with Gasteiger partial charge in [0, 0.05) is 6.54 Å². The Morgan fingerprint density at radius 2 is 1.82 bits per heavy atom. The minimum Gasteiger partial charge on any atom is -0.334 e. The van der Waals surface area contributed by atoms with Crippen molar-refractivity contribution in [3.05, 3.63) is 35.9 Å². The SMILES string of the molecule is CN(C)CC(=O)NC(=O)NCc1ccccc1. The molecule has 0 atom stereocenters. The summed E-state index contributed by atoms with van der Waals surface area (Å²) in [6.45, 7) is 0.598. The number of benzene rings is 1. The van der Waals surface area contributed by atoms with Crippen LogP contribution in [0.2, 0.25) is 0 Å². The summed E-state index contributed by atoms with van der Waals surface area (Å²) < 4.78 is 0. The number of nitrogens with zero attached hydrogens (tertiary/aromatic N) is 1. The molecular formula is C12H17N3O2. The van der Waals surface area contributed by atoms with Crippen molar-refractivity contribution in [3.63, 3.8) is 0 Å². The van der Waals surface area contributed by atoms with E-state index in [2.05, 4.69) is 10.6 Å². The third kappa shape index (κ3) is 5.67. The van der Waals surface area contributed by atoms with Gasteiger partial charge >= 0.3 is 6.03 Å². The van der Waals surface area contributed by atoms with Crippen LogP contribution in [0, 0.1) is 0 Å². The zero-order chi connectivity index (χ0) is 12.7. The van der Waals surface area contributed by atoms with Gasteiger partial charge in [-0.2, -0.15) is 0 Å². The van der Waals surface area contributed by atoms with E-state index >= 15 is 0 Å². The first-order valence-corrected chi connectivity index (χ1v) is 5.34. The van der Waals surface area contributed by atoms with Crippen molar-refractivity contribution in [2.75, 3.05) is 20.6 Å².